The maximum absolute atomic E-state index is 12.3. The molecule has 1 heterocycles. The van der Waals surface area contributed by atoms with E-state index in [0.29, 0.717) is 0 Å². The molecule has 0 saturated carbocycles. The number of carboxylic acids is 1. The molecule has 0 aliphatic carbocycles. The molecule has 1 aromatic rings. The molecule has 1 amide bonds. The fraction of sp³-hybridized carbons (Fsp3) is 0.412. The standard InChI is InChI=1S/C17H21NO5/c1-3-9-17(2)13(19)10-18(14(17)15(20)21)16(22)23-11-12-7-5-4-6-8-12/h3-8,13-14,19H,1,9-11H2,2H3,(H,20,21)/t13-,14+,17+/m0/s1. The number of hydrogen-bond acceptors (Lipinski definition) is 4. The fourth-order valence-electron chi connectivity index (χ4n) is 2.99. The molecule has 124 valence electrons. The number of likely N-dealkylation sites (tertiary alicyclic amines) is 1. The minimum atomic E-state index is -1.16. The van der Waals surface area contributed by atoms with Gasteiger partial charge in [0.15, 0.2) is 0 Å². The van der Waals surface area contributed by atoms with Crippen LogP contribution in [-0.4, -0.2) is 45.9 Å². The maximum atomic E-state index is 12.3. The van der Waals surface area contributed by atoms with Crippen molar-refractivity contribution in [2.24, 2.45) is 5.41 Å². The lowest BCUT2D eigenvalue weighted by molar-refractivity contribution is -0.145. The number of hydrogen-bond donors (Lipinski definition) is 2. The predicted octanol–water partition coefficient (Wildman–Crippen LogP) is 2.04. The van der Waals surface area contributed by atoms with Crippen molar-refractivity contribution in [2.75, 3.05) is 6.54 Å². The molecule has 2 rings (SSSR count). The molecule has 0 bridgehead atoms. The third kappa shape index (κ3) is 3.37. The molecule has 0 unspecified atom stereocenters. The van der Waals surface area contributed by atoms with Crippen molar-refractivity contribution < 1.29 is 24.5 Å². The summed E-state index contributed by atoms with van der Waals surface area (Å²) in [5.74, 6) is -1.16. The van der Waals surface area contributed by atoms with Crippen molar-refractivity contribution in [3.8, 4) is 0 Å². The van der Waals surface area contributed by atoms with Crippen LogP contribution in [0.15, 0.2) is 43.0 Å². The van der Waals surface area contributed by atoms with Crippen LogP contribution in [-0.2, 0) is 16.1 Å². The summed E-state index contributed by atoms with van der Waals surface area (Å²) >= 11 is 0. The van der Waals surface area contributed by atoms with Crippen LogP contribution in [0.5, 0.6) is 0 Å². The van der Waals surface area contributed by atoms with Crippen molar-refractivity contribution in [3.63, 3.8) is 0 Å². The normalized spacial score (nSPS) is 26.8. The van der Waals surface area contributed by atoms with Crippen LogP contribution in [0.3, 0.4) is 0 Å². The summed E-state index contributed by atoms with van der Waals surface area (Å²) in [5.41, 5.74) is -0.180. The van der Waals surface area contributed by atoms with Gasteiger partial charge in [0.25, 0.3) is 0 Å². The van der Waals surface area contributed by atoms with Crippen molar-refractivity contribution >= 4 is 12.1 Å². The summed E-state index contributed by atoms with van der Waals surface area (Å²) in [5, 5.41) is 19.7. The van der Waals surface area contributed by atoms with Gasteiger partial charge < -0.3 is 14.9 Å². The molecule has 0 radical (unpaired) electrons. The average molecular weight is 319 g/mol. The highest BCUT2D eigenvalue weighted by atomic mass is 16.6. The first kappa shape index (κ1) is 17.0. The summed E-state index contributed by atoms with van der Waals surface area (Å²) < 4.78 is 5.20. The van der Waals surface area contributed by atoms with Gasteiger partial charge in [0.2, 0.25) is 0 Å². The van der Waals surface area contributed by atoms with Gasteiger partial charge in [0.05, 0.1) is 12.6 Å². The number of amides is 1. The first-order valence-electron chi connectivity index (χ1n) is 7.39. The number of ether oxygens (including phenoxy) is 1. The van der Waals surface area contributed by atoms with Gasteiger partial charge in [0.1, 0.15) is 12.6 Å². The van der Waals surface area contributed by atoms with Crippen LogP contribution in [0.25, 0.3) is 0 Å². The molecule has 1 aliphatic heterocycles. The van der Waals surface area contributed by atoms with Crippen LogP contribution in [0.4, 0.5) is 4.79 Å². The Morgan fingerprint density at radius 3 is 2.65 bits per heavy atom. The second kappa shape index (κ2) is 6.83. The number of benzene rings is 1. The second-order valence-electron chi connectivity index (χ2n) is 5.95. The minimum Gasteiger partial charge on any atom is -0.480 e. The molecule has 6 heteroatoms. The van der Waals surface area contributed by atoms with Crippen molar-refractivity contribution in [2.45, 2.75) is 32.1 Å². The van der Waals surface area contributed by atoms with E-state index < -0.39 is 29.6 Å². The number of aliphatic carboxylic acids is 1. The number of β-amino-alcohol motifs (C(OH)–C–C–N with tert-alkyl or cyclic N) is 1. The highest BCUT2D eigenvalue weighted by Gasteiger charge is 2.55. The predicted molar refractivity (Wildman–Crippen MR) is 83.7 cm³/mol. The van der Waals surface area contributed by atoms with E-state index in [9.17, 15) is 19.8 Å². The molecule has 3 atom stereocenters. The number of aliphatic hydroxyl groups excluding tert-OH is 1. The Kier molecular flexibility index (Phi) is 5.05. The van der Waals surface area contributed by atoms with Crippen LogP contribution in [0.1, 0.15) is 18.9 Å². The molecule has 1 fully saturated rings. The largest absolute Gasteiger partial charge is 0.480 e. The Balaban J connectivity index is 2.12. The van der Waals surface area contributed by atoms with Gasteiger partial charge in [-0.05, 0) is 12.0 Å². The lowest BCUT2D eigenvalue weighted by atomic mass is 9.77. The molecule has 0 aromatic heterocycles. The Morgan fingerprint density at radius 2 is 2.09 bits per heavy atom. The van der Waals surface area contributed by atoms with Gasteiger partial charge in [-0.1, -0.05) is 43.3 Å². The summed E-state index contributed by atoms with van der Waals surface area (Å²) in [7, 11) is 0. The van der Waals surface area contributed by atoms with Crippen molar-refractivity contribution in [3.05, 3.63) is 48.6 Å². The van der Waals surface area contributed by atoms with Crippen LogP contribution < -0.4 is 0 Å². The zero-order valence-electron chi connectivity index (χ0n) is 13.0. The first-order chi connectivity index (χ1) is 10.9. The zero-order chi connectivity index (χ0) is 17.0. The molecule has 6 nitrogen and oxygen atoms in total. The first-order valence-corrected chi connectivity index (χ1v) is 7.39. The van der Waals surface area contributed by atoms with Gasteiger partial charge >= 0.3 is 12.1 Å². The van der Waals surface area contributed by atoms with Gasteiger partial charge in [-0.3, -0.25) is 4.90 Å². The smallest absolute Gasteiger partial charge is 0.410 e. The Morgan fingerprint density at radius 1 is 1.43 bits per heavy atom. The molecule has 1 aliphatic rings. The molecule has 0 spiro atoms. The van der Waals surface area contributed by atoms with E-state index >= 15 is 0 Å². The third-order valence-electron chi connectivity index (χ3n) is 4.32. The fourth-order valence-corrected chi connectivity index (χ4v) is 2.99. The van der Waals surface area contributed by atoms with Crippen LogP contribution in [0.2, 0.25) is 0 Å². The Hall–Kier alpha value is -2.34. The quantitative estimate of drug-likeness (QED) is 0.811. The Labute approximate surface area is 135 Å². The summed E-state index contributed by atoms with van der Waals surface area (Å²) in [6.45, 7) is 5.22. The lowest BCUT2D eigenvalue weighted by Crippen LogP contribution is -2.48. The third-order valence-corrected chi connectivity index (χ3v) is 4.32. The van der Waals surface area contributed by atoms with E-state index in [2.05, 4.69) is 6.58 Å². The van der Waals surface area contributed by atoms with Crippen LogP contribution >= 0.6 is 0 Å². The van der Waals surface area contributed by atoms with E-state index in [0.717, 1.165) is 10.5 Å². The number of carbonyl (C=O) groups is 2. The van der Waals surface area contributed by atoms with E-state index in [1.165, 1.54) is 0 Å². The van der Waals surface area contributed by atoms with Crippen LogP contribution in [0, 0.1) is 5.41 Å². The van der Waals surface area contributed by atoms with E-state index in [1.807, 2.05) is 30.3 Å². The van der Waals surface area contributed by atoms with Gasteiger partial charge in [0, 0.05) is 5.41 Å². The number of aliphatic hydroxyl groups is 1. The van der Waals surface area contributed by atoms with Gasteiger partial charge in [-0.15, -0.1) is 6.58 Å². The van der Waals surface area contributed by atoms with Gasteiger partial charge in [-0.25, -0.2) is 9.59 Å². The zero-order valence-corrected chi connectivity index (χ0v) is 13.0. The minimum absolute atomic E-state index is 0.0524. The molecule has 2 N–H and O–H groups in total. The van der Waals surface area contributed by atoms with Gasteiger partial charge in [-0.2, -0.15) is 0 Å². The van der Waals surface area contributed by atoms with E-state index in [4.69, 9.17) is 4.74 Å². The highest BCUT2D eigenvalue weighted by molar-refractivity contribution is 5.82. The van der Waals surface area contributed by atoms with E-state index in [1.54, 1.807) is 13.0 Å². The average Bonchev–Trinajstić information content (AvgIpc) is 2.78. The topological polar surface area (TPSA) is 87.1 Å². The lowest BCUT2D eigenvalue weighted by Gasteiger charge is -2.32. The second-order valence-corrected chi connectivity index (χ2v) is 5.95. The number of carboxylic acid groups (broad SMARTS) is 1. The summed E-state index contributed by atoms with van der Waals surface area (Å²) in [6, 6.07) is 7.96. The molecular formula is C17H21NO5. The molecule has 1 saturated heterocycles. The molecule has 1 aromatic carbocycles. The molecular weight excluding hydrogens is 298 g/mol. The van der Waals surface area contributed by atoms with Crippen molar-refractivity contribution in [1.29, 1.82) is 0 Å². The number of rotatable bonds is 5. The molecule has 23 heavy (non-hydrogen) atoms. The summed E-state index contributed by atoms with van der Waals surface area (Å²) in [4.78, 5) is 25.0. The Bertz CT molecular complexity index is 588. The van der Waals surface area contributed by atoms with Crippen molar-refractivity contribution in [1.82, 2.24) is 4.90 Å². The monoisotopic (exact) mass is 319 g/mol. The van der Waals surface area contributed by atoms with E-state index in [-0.39, 0.29) is 19.6 Å². The highest BCUT2D eigenvalue weighted by Crippen LogP contribution is 2.40. The SMILES string of the molecule is C=CC[C@]1(C)[C@@H](O)CN(C(=O)OCc2ccccc2)[C@@H]1C(=O)O. The summed E-state index contributed by atoms with van der Waals surface area (Å²) in [6.07, 6.45) is 0.143. The number of allylic oxidation sites excluding steroid dienone is 1. The number of carbonyl (C=O) groups excluding carboxylic acids is 1. The maximum Gasteiger partial charge on any atom is 0.410 e. The number of nitrogens with zero attached hydrogens (tertiary/aromatic N) is 1.